The number of likely N-dealkylation sites (tertiary alicyclic amines) is 1. The van der Waals surface area contributed by atoms with E-state index in [2.05, 4.69) is 6.92 Å². The Morgan fingerprint density at radius 3 is 2.70 bits per heavy atom. The first kappa shape index (κ1) is 16.1. The van der Waals surface area contributed by atoms with Gasteiger partial charge >= 0.3 is 0 Å². The molecule has 5 heteroatoms. The number of hydrogen-bond acceptors (Lipinski definition) is 3. The van der Waals surface area contributed by atoms with Crippen LogP contribution in [-0.2, 0) is 0 Å². The van der Waals surface area contributed by atoms with Gasteiger partial charge in [-0.1, -0.05) is 12.1 Å². The van der Waals surface area contributed by atoms with Gasteiger partial charge in [-0.2, -0.15) is 0 Å². The van der Waals surface area contributed by atoms with E-state index in [0.717, 1.165) is 33.7 Å². The summed E-state index contributed by atoms with van der Waals surface area (Å²) in [6.45, 7) is 4.76. The van der Waals surface area contributed by atoms with Crippen LogP contribution in [0.3, 0.4) is 0 Å². The lowest BCUT2D eigenvalue weighted by atomic mass is 9.99. The normalized spacial score (nSPS) is 21.5. The zero-order chi connectivity index (χ0) is 16.6. The summed E-state index contributed by atoms with van der Waals surface area (Å²) in [5.41, 5.74) is 7.91. The second-order valence-corrected chi connectivity index (χ2v) is 7.48. The van der Waals surface area contributed by atoms with E-state index in [0.29, 0.717) is 6.54 Å². The van der Waals surface area contributed by atoms with Crippen LogP contribution in [0, 0.1) is 12.7 Å². The highest BCUT2D eigenvalue weighted by atomic mass is 32.1. The van der Waals surface area contributed by atoms with Gasteiger partial charge in [0.15, 0.2) is 0 Å². The molecule has 0 unspecified atom stereocenters. The number of benzene rings is 1. The molecule has 1 aliphatic heterocycles. The fourth-order valence-electron chi connectivity index (χ4n) is 3.16. The molecule has 1 saturated heterocycles. The lowest BCUT2D eigenvalue weighted by Gasteiger charge is -2.36. The van der Waals surface area contributed by atoms with Crippen molar-refractivity contribution >= 4 is 17.2 Å². The summed E-state index contributed by atoms with van der Waals surface area (Å²) in [5, 5.41) is 0. The van der Waals surface area contributed by atoms with Crippen molar-refractivity contribution in [3.8, 4) is 11.1 Å². The summed E-state index contributed by atoms with van der Waals surface area (Å²) in [7, 11) is 0. The van der Waals surface area contributed by atoms with Crippen LogP contribution in [0.5, 0.6) is 0 Å². The van der Waals surface area contributed by atoms with Gasteiger partial charge in [-0.15, -0.1) is 11.3 Å². The molecule has 0 spiro atoms. The molecule has 0 bridgehead atoms. The number of carbonyl (C=O) groups is 1. The molecule has 1 aromatic heterocycles. The molecular formula is C18H21FN2OS. The van der Waals surface area contributed by atoms with Crippen LogP contribution >= 0.6 is 11.3 Å². The molecule has 1 aromatic carbocycles. The van der Waals surface area contributed by atoms with Crippen molar-refractivity contribution in [3.63, 3.8) is 0 Å². The van der Waals surface area contributed by atoms with E-state index in [9.17, 15) is 9.18 Å². The average molecular weight is 332 g/mol. The molecule has 1 fully saturated rings. The molecule has 2 N–H and O–H groups in total. The summed E-state index contributed by atoms with van der Waals surface area (Å²) in [6.07, 6.45) is 1.70. The Balaban J connectivity index is 1.85. The van der Waals surface area contributed by atoms with Crippen LogP contribution in [0.4, 0.5) is 4.39 Å². The van der Waals surface area contributed by atoms with Crippen molar-refractivity contribution in [2.24, 2.45) is 5.73 Å². The van der Waals surface area contributed by atoms with Crippen LogP contribution in [0.1, 0.15) is 34.3 Å². The van der Waals surface area contributed by atoms with Crippen LogP contribution in [0.15, 0.2) is 30.3 Å². The summed E-state index contributed by atoms with van der Waals surface area (Å²) >= 11 is 1.50. The number of aryl methyl sites for hydroxylation is 1. The first-order chi connectivity index (χ1) is 11.0. The van der Waals surface area contributed by atoms with E-state index >= 15 is 0 Å². The maximum atomic E-state index is 13.1. The number of amides is 1. The predicted molar refractivity (Wildman–Crippen MR) is 92.2 cm³/mol. The van der Waals surface area contributed by atoms with Crippen molar-refractivity contribution in [1.29, 1.82) is 0 Å². The van der Waals surface area contributed by atoms with Gasteiger partial charge in [-0.25, -0.2) is 4.39 Å². The van der Waals surface area contributed by atoms with Gasteiger partial charge < -0.3 is 10.6 Å². The molecule has 1 aliphatic rings. The third kappa shape index (κ3) is 3.31. The van der Waals surface area contributed by atoms with Crippen molar-refractivity contribution < 1.29 is 9.18 Å². The quantitative estimate of drug-likeness (QED) is 0.909. The van der Waals surface area contributed by atoms with E-state index < -0.39 is 0 Å². The standard InChI is InChI=1S/C18H21FN2OS/c1-11-9-15(20)7-8-21(11)18(22)17-10-16(12(2)23-17)13-3-5-14(19)6-4-13/h3-6,10-11,15H,7-9,20H2,1-2H3/t11-,15-/m1/s1. The SMILES string of the molecule is Cc1sc(C(=O)N2CC[C@@H](N)C[C@H]2C)cc1-c1ccc(F)cc1. The molecule has 2 aromatic rings. The lowest BCUT2D eigenvalue weighted by Crippen LogP contribution is -2.48. The number of halogens is 1. The third-order valence-electron chi connectivity index (χ3n) is 4.46. The van der Waals surface area contributed by atoms with Gasteiger partial charge in [0.2, 0.25) is 0 Å². The van der Waals surface area contributed by atoms with Crippen molar-refractivity contribution in [1.82, 2.24) is 4.90 Å². The van der Waals surface area contributed by atoms with E-state index in [4.69, 9.17) is 5.73 Å². The fourth-order valence-corrected chi connectivity index (χ4v) is 4.15. The first-order valence-electron chi connectivity index (χ1n) is 7.88. The highest BCUT2D eigenvalue weighted by Gasteiger charge is 2.29. The summed E-state index contributed by atoms with van der Waals surface area (Å²) in [5.74, 6) is -0.178. The number of nitrogens with two attached hydrogens (primary N) is 1. The molecule has 0 saturated carbocycles. The second-order valence-electron chi connectivity index (χ2n) is 6.22. The topological polar surface area (TPSA) is 46.3 Å². The smallest absolute Gasteiger partial charge is 0.264 e. The molecule has 0 radical (unpaired) electrons. The average Bonchev–Trinajstić information content (AvgIpc) is 2.89. The zero-order valence-electron chi connectivity index (χ0n) is 13.4. The van der Waals surface area contributed by atoms with Crippen LogP contribution < -0.4 is 5.73 Å². The summed E-state index contributed by atoms with van der Waals surface area (Å²) < 4.78 is 13.1. The van der Waals surface area contributed by atoms with Crippen molar-refractivity contribution in [2.75, 3.05) is 6.54 Å². The summed E-state index contributed by atoms with van der Waals surface area (Å²) in [4.78, 5) is 16.5. The van der Waals surface area contributed by atoms with Gasteiger partial charge in [0, 0.05) is 23.5 Å². The Labute approximate surface area is 139 Å². The molecule has 2 heterocycles. The minimum absolute atomic E-state index is 0.0749. The molecule has 3 nitrogen and oxygen atoms in total. The largest absolute Gasteiger partial charge is 0.335 e. The van der Waals surface area contributed by atoms with Gasteiger partial charge in [0.1, 0.15) is 5.82 Å². The molecule has 3 rings (SSSR count). The molecular weight excluding hydrogens is 311 g/mol. The Kier molecular flexibility index (Phi) is 4.50. The van der Waals surface area contributed by atoms with E-state index in [-0.39, 0.29) is 23.8 Å². The number of hydrogen-bond donors (Lipinski definition) is 1. The van der Waals surface area contributed by atoms with Gasteiger partial charge in [-0.05, 0) is 56.0 Å². The number of thiophene rings is 1. The minimum atomic E-state index is -0.253. The number of nitrogens with zero attached hydrogens (tertiary/aromatic N) is 1. The van der Waals surface area contributed by atoms with Gasteiger partial charge in [-0.3, -0.25) is 4.79 Å². The third-order valence-corrected chi connectivity index (χ3v) is 5.50. The van der Waals surface area contributed by atoms with Crippen molar-refractivity contribution in [2.45, 2.75) is 38.8 Å². The Morgan fingerprint density at radius 1 is 1.35 bits per heavy atom. The second kappa shape index (κ2) is 6.42. The van der Waals surface area contributed by atoms with Crippen LogP contribution in [0.2, 0.25) is 0 Å². The van der Waals surface area contributed by atoms with E-state index in [1.54, 1.807) is 12.1 Å². The number of carbonyl (C=O) groups excluding carboxylic acids is 1. The van der Waals surface area contributed by atoms with Gasteiger partial charge in [0.05, 0.1) is 4.88 Å². The van der Waals surface area contributed by atoms with Crippen LogP contribution in [0.25, 0.3) is 11.1 Å². The van der Waals surface area contributed by atoms with E-state index in [1.807, 2.05) is 17.9 Å². The minimum Gasteiger partial charge on any atom is -0.335 e. The number of rotatable bonds is 2. The Morgan fingerprint density at radius 2 is 2.04 bits per heavy atom. The molecule has 122 valence electrons. The zero-order valence-corrected chi connectivity index (χ0v) is 14.2. The lowest BCUT2D eigenvalue weighted by molar-refractivity contribution is 0.0624. The first-order valence-corrected chi connectivity index (χ1v) is 8.70. The monoisotopic (exact) mass is 332 g/mol. The van der Waals surface area contributed by atoms with E-state index in [1.165, 1.54) is 23.5 Å². The highest BCUT2D eigenvalue weighted by Crippen LogP contribution is 2.32. The predicted octanol–water partition coefficient (Wildman–Crippen LogP) is 3.81. The Hall–Kier alpha value is -1.72. The molecule has 2 atom stereocenters. The Bertz CT molecular complexity index is 710. The van der Waals surface area contributed by atoms with Crippen molar-refractivity contribution in [3.05, 3.63) is 45.9 Å². The molecule has 23 heavy (non-hydrogen) atoms. The maximum Gasteiger partial charge on any atom is 0.264 e. The fraction of sp³-hybridized carbons (Fsp3) is 0.389. The molecule has 0 aliphatic carbocycles. The van der Waals surface area contributed by atoms with Crippen LogP contribution in [-0.4, -0.2) is 29.4 Å². The molecule has 1 amide bonds. The highest BCUT2D eigenvalue weighted by molar-refractivity contribution is 7.14. The number of piperidine rings is 1. The maximum absolute atomic E-state index is 13.1. The van der Waals surface area contributed by atoms with Gasteiger partial charge in [0.25, 0.3) is 5.91 Å². The summed E-state index contributed by atoms with van der Waals surface area (Å²) in [6, 6.07) is 8.68.